The lowest BCUT2D eigenvalue weighted by atomic mass is 10.0. The standard InChI is InChI=1S/C24H23N5OS/c1-3-16-8-10-19(11-9-16)29-15(2)25-21-20(23(29)31)22(30)27-24(26-21)28-13-12-17-6-4-5-7-18(17)14-28/h4-11H,3,12-14H2,1-2H3,(H,26,27,30). The van der Waals surface area contributed by atoms with E-state index in [4.69, 9.17) is 17.2 Å². The van der Waals surface area contributed by atoms with E-state index in [2.05, 4.69) is 52.1 Å². The average molecular weight is 430 g/mol. The van der Waals surface area contributed by atoms with Crippen molar-refractivity contribution in [2.45, 2.75) is 33.2 Å². The fourth-order valence-electron chi connectivity index (χ4n) is 4.20. The van der Waals surface area contributed by atoms with E-state index in [1.807, 2.05) is 29.7 Å². The Morgan fingerprint density at radius 3 is 2.55 bits per heavy atom. The van der Waals surface area contributed by atoms with Crippen LogP contribution < -0.4 is 10.5 Å². The number of fused-ring (bicyclic) bond motifs is 2. The molecule has 4 aromatic rings. The average Bonchev–Trinajstić information content (AvgIpc) is 2.78. The van der Waals surface area contributed by atoms with E-state index in [1.165, 1.54) is 16.7 Å². The molecule has 156 valence electrons. The van der Waals surface area contributed by atoms with Crippen molar-refractivity contribution >= 4 is 29.2 Å². The molecular formula is C24H23N5OS. The molecule has 0 bridgehead atoms. The van der Waals surface area contributed by atoms with E-state index in [0.29, 0.717) is 34.0 Å². The lowest BCUT2D eigenvalue weighted by Crippen LogP contribution is -2.33. The number of aryl methyl sites for hydroxylation is 2. The number of H-pyrrole nitrogens is 1. The fourth-order valence-corrected chi connectivity index (χ4v) is 4.62. The number of aromatic nitrogens is 4. The Labute approximate surface area is 185 Å². The van der Waals surface area contributed by atoms with Crippen molar-refractivity contribution in [2.75, 3.05) is 11.4 Å². The Morgan fingerprint density at radius 1 is 1.06 bits per heavy atom. The quantitative estimate of drug-likeness (QED) is 0.493. The smallest absolute Gasteiger partial charge is 0.264 e. The van der Waals surface area contributed by atoms with E-state index in [1.54, 1.807) is 0 Å². The predicted molar refractivity (Wildman–Crippen MR) is 126 cm³/mol. The second-order valence-electron chi connectivity index (χ2n) is 7.85. The maximum atomic E-state index is 13.1. The summed E-state index contributed by atoms with van der Waals surface area (Å²) >= 11 is 5.71. The van der Waals surface area contributed by atoms with Gasteiger partial charge < -0.3 is 4.90 Å². The largest absolute Gasteiger partial charge is 0.338 e. The number of nitrogens with zero attached hydrogens (tertiary/aromatic N) is 4. The zero-order valence-corrected chi connectivity index (χ0v) is 18.4. The lowest BCUT2D eigenvalue weighted by molar-refractivity contribution is 0.707. The minimum atomic E-state index is -0.254. The second-order valence-corrected chi connectivity index (χ2v) is 8.23. The third-order valence-corrected chi connectivity index (χ3v) is 6.32. The molecule has 0 saturated heterocycles. The van der Waals surface area contributed by atoms with Crippen molar-refractivity contribution in [1.82, 2.24) is 19.5 Å². The molecule has 0 atom stereocenters. The zero-order valence-electron chi connectivity index (χ0n) is 17.6. The highest BCUT2D eigenvalue weighted by molar-refractivity contribution is 7.71. The first kappa shape index (κ1) is 19.6. The number of anilines is 1. The molecule has 0 saturated carbocycles. The van der Waals surface area contributed by atoms with E-state index in [0.717, 1.165) is 25.1 Å². The Hall–Kier alpha value is -3.32. The van der Waals surface area contributed by atoms with Crippen molar-refractivity contribution in [3.05, 3.63) is 86.0 Å². The van der Waals surface area contributed by atoms with E-state index in [9.17, 15) is 4.79 Å². The molecule has 1 aliphatic heterocycles. The van der Waals surface area contributed by atoms with Gasteiger partial charge in [-0.05, 0) is 48.6 Å². The molecular weight excluding hydrogens is 406 g/mol. The van der Waals surface area contributed by atoms with Gasteiger partial charge in [0.25, 0.3) is 5.56 Å². The normalized spacial score (nSPS) is 13.4. The third-order valence-electron chi connectivity index (χ3n) is 5.93. The minimum Gasteiger partial charge on any atom is -0.338 e. The van der Waals surface area contributed by atoms with Crippen LogP contribution in [0.4, 0.5) is 5.95 Å². The summed E-state index contributed by atoms with van der Waals surface area (Å²) in [7, 11) is 0. The highest BCUT2D eigenvalue weighted by Crippen LogP contribution is 2.23. The van der Waals surface area contributed by atoms with Gasteiger partial charge in [-0.1, -0.05) is 55.5 Å². The van der Waals surface area contributed by atoms with Gasteiger partial charge >= 0.3 is 0 Å². The number of aromatic amines is 1. The van der Waals surface area contributed by atoms with Crippen LogP contribution in [0.3, 0.4) is 0 Å². The Morgan fingerprint density at radius 2 is 1.81 bits per heavy atom. The predicted octanol–water partition coefficient (Wildman–Crippen LogP) is 4.27. The van der Waals surface area contributed by atoms with Gasteiger partial charge in [0.2, 0.25) is 5.95 Å². The highest BCUT2D eigenvalue weighted by atomic mass is 32.1. The van der Waals surface area contributed by atoms with Crippen molar-refractivity contribution in [1.29, 1.82) is 0 Å². The Balaban J connectivity index is 1.60. The van der Waals surface area contributed by atoms with Gasteiger partial charge in [-0.2, -0.15) is 4.98 Å². The van der Waals surface area contributed by atoms with Crippen molar-refractivity contribution in [2.24, 2.45) is 0 Å². The summed E-state index contributed by atoms with van der Waals surface area (Å²) in [5.74, 6) is 1.24. The summed E-state index contributed by atoms with van der Waals surface area (Å²) in [6.07, 6.45) is 1.88. The van der Waals surface area contributed by atoms with E-state index >= 15 is 0 Å². The number of rotatable bonds is 3. The van der Waals surface area contributed by atoms with Crippen LogP contribution in [0.15, 0.2) is 53.3 Å². The maximum Gasteiger partial charge on any atom is 0.264 e. The molecule has 31 heavy (non-hydrogen) atoms. The molecule has 0 amide bonds. The van der Waals surface area contributed by atoms with Crippen molar-refractivity contribution in [3.8, 4) is 5.69 Å². The number of hydrogen-bond acceptors (Lipinski definition) is 5. The number of benzene rings is 2. The monoisotopic (exact) mass is 429 g/mol. The summed E-state index contributed by atoms with van der Waals surface area (Å²) in [6, 6.07) is 16.5. The first-order valence-electron chi connectivity index (χ1n) is 10.5. The molecule has 7 heteroatoms. The molecule has 3 heterocycles. The van der Waals surface area contributed by atoms with Gasteiger partial charge in [-0.15, -0.1) is 0 Å². The fraction of sp³-hybridized carbons (Fsp3) is 0.250. The molecule has 6 nitrogen and oxygen atoms in total. The summed E-state index contributed by atoms with van der Waals surface area (Å²) in [5.41, 5.74) is 4.88. The van der Waals surface area contributed by atoms with Crippen molar-refractivity contribution in [3.63, 3.8) is 0 Å². The molecule has 0 fully saturated rings. The van der Waals surface area contributed by atoms with Gasteiger partial charge in [0.1, 0.15) is 15.9 Å². The number of hydrogen-bond donors (Lipinski definition) is 1. The topological polar surface area (TPSA) is 66.8 Å². The lowest BCUT2D eigenvalue weighted by Gasteiger charge is -2.29. The third kappa shape index (κ3) is 3.45. The molecule has 1 N–H and O–H groups in total. The molecule has 0 unspecified atom stereocenters. The van der Waals surface area contributed by atoms with Gasteiger partial charge in [0, 0.05) is 18.8 Å². The van der Waals surface area contributed by atoms with E-state index in [-0.39, 0.29) is 5.56 Å². The van der Waals surface area contributed by atoms with Crippen molar-refractivity contribution < 1.29 is 0 Å². The zero-order chi connectivity index (χ0) is 21.5. The van der Waals surface area contributed by atoms with Crippen LogP contribution >= 0.6 is 12.2 Å². The van der Waals surface area contributed by atoms with E-state index < -0.39 is 0 Å². The summed E-state index contributed by atoms with van der Waals surface area (Å²) < 4.78 is 2.27. The summed E-state index contributed by atoms with van der Waals surface area (Å²) in [6.45, 7) is 5.51. The maximum absolute atomic E-state index is 13.1. The summed E-state index contributed by atoms with van der Waals surface area (Å²) in [5, 5.41) is 0.348. The Bertz CT molecular complexity index is 1400. The molecule has 2 aromatic heterocycles. The first-order valence-corrected chi connectivity index (χ1v) is 10.9. The number of nitrogens with one attached hydrogen (secondary N) is 1. The van der Waals surface area contributed by atoms with Crippen LogP contribution in [-0.4, -0.2) is 26.1 Å². The molecule has 5 rings (SSSR count). The van der Waals surface area contributed by atoms with Crippen LogP contribution in [0.25, 0.3) is 16.7 Å². The summed E-state index contributed by atoms with van der Waals surface area (Å²) in [4.78, 5) is 27.5. The van der Waals surface area contributed by atoms with Crippen LogP contribution in [0.5, 0.6) is 0 Å². The van der Waals surface area contributed by atoms with Gasteiger partial charge in [-0.25, -0.2) is 4.98 Å². The molecule has 1 aliphatic rings. The van der Waals surface area contributed by atoms with Gasteiger partial charge in [0.15, 0.2) is 5.65 Å². The molecule has 0 aliphatic carbocycles. The van der Waals surface area contributed by atoms with Crippen LogP contribution in [0, 0.1) is 11.6 Å². The van der Waals surface area contributed by atoms with Crippen LogP contribution in [0.2, 0.25) is 0 Å². The molecule has 2 aromatic carbocycles. The Kier molecular flexibility index (Phi) is 4.90. The van der Waals surface area contributed by atoms with Gasteiger partial charge in [-0.3, -0.25) is 14.3 Å². The van der Waals surface area contributed by atoms with Crippen LogP contribution in [-0.2, 0) is 19.4 Å². The highest BCUT2D eigenvalue weighted by Gasteiger charge is 2.20. The van der Waals surface area contributed by atoms with Gasteiger partial charge in [0.05, 0.1) is 0 Å². The molecule has 0 radical (unpaired) electrons. The minimum absolute atomic E-state index is 0.254. The SMILES string of the molecule is CCc1ccc(-n2c(C)nc3nc(N4CCc5ccccc5C4)[nH]c(=O)c3c2=S)cc1. The second kappa shape index (κ2) is 7.74. The van der Waals surface area contributed by atoms with Crippen LogP contribution in [0.1, 0.15) is 29.4 Å². The molecule has 0 spiro atoms. The first-order chi connectivity index (χ1) is 15.0.